The predicted molar refractivity (Wildman–Crippen MR) is 87.9 cm³/mol. The standard InChI is InChI=1S/C17H16N2O2S/c1-11-10-22-17(18-11)19(14-7-5-4-6-8-14)16(20)15-9-12(2)21-13(15)3/h4-10H,1-3H3. The third kappa shape index (κ3) is 2.67. The van der Waals surface area contributed by atoms with E-state index in [-0.39, 0.29) is 5.91 Å². The van der Waals surface area contributed by atoms with Crippen molar-refractivity contribution >= 4 is 28.1 Å². The zero-order valence-corrected chi connectivity index (χ0v) is 13.5. The Hall–Kier alpha value is -2.40. The molecule has 112 valence electrons. The van der Waals surface area contributed by atoms with E-state index in [0.717, 1.165) is 17.1 Å². The molecule has 0 N–H and O–H groups in total. The molecule has 5 heteroatoms. The van der Waals surface area contributed by atoms with Crippen LogP contribution in [0.5, 0.6) is 0 Å². The average molecular weight is 312 g/mol. The van der Waals surface area contributed by atoms with Crippen LogP contribution in [0.25, 0.3) is 0 Å². The molecule has 0 aliphatic carbocycles. The molecule has 0 atom stereocenters. The van der Waals surface area contributed by atoms with Crippen LogP contribution in [0.1, 0.15) is 27.6 Å². The molecule has 0 saturated heterocycles. The maximum Gasteiger partial charge on any atom is 0.268 e. The summed E-state index contributed by atoms with van der Waals surface area (Å²) in [6, 6.07) is 11.3. The number of amides is 1. The first kappa shape index (κ1) is 14.5. The number of furan rings is 1. The first-order valence-electron chi connectivity index (χ1n) is 6.95. The lowest BCUT2D eigenvalue weighted by Crippen LogP contribution is -2.26. The van der Waals surface area contributed by atoms with Crippen LogP contribution in [0.4, 0.5) is 10.8 Å². The summed E-state index contributed by atoms with van der Waals surface area (Å²) in [5.41, 5.74) is 2.25. The molecule has 0 aliphatic rings. The summed E-state index contributed by atoms with van der Waals surface area (Å²) in [5, 5.41) is 2.60. The van der Waals surface area contributed by atoms with Gasteiger partial charge in [0, 0.05) is 5.38 Å². The molecule has 0 spiro atoms. The zero-order chi connectivity index (χ0) is 15.7. The molecule has 22 heavy (non-hydrogen) atoms. The normalized spacial score (nSPS) is 10.7. The molecule has 2 heterocycles. The monoisotopic (exact) mass is 312 g/mol. The molecule has 1 aromatic carbocycles. The first-order valence-corrected chi connectivity index (χ1v) is 7.83. The summed E-state index contributed by atoms with van der Waals surface area (Å²) in [5.74, 6) is 1.22. The Kier molecular flexibility index (Phi) is 3.81. The van der Waals surface area contributed by atoms with Gasteiger partial charge < -0.3 is 4.42 Å². The van der Waals surface area contributed by atoms with Crippen molar-refractivity contribution in [1.82, 2.24) is 4.98 Å². The van der Waals surface area contributed by atoms with E-state index >= 15 is 0 Å². The molecular weight excluding hydrogens is 296 g/mol. The van der Waals surface area contributed by atoms with Crippen LogP contribution in [-0.2, 0) is 0 Å². The Balaban J connectivity index is 2.10. The summed E-state index contributed by atoms with van der Waals surface area (Å²) >= 11 is 1.45. The van der Waals surface area contributed by atoms with E-state index in [0.29, 0.717) is 16.5 Å². The number of rotatable bonds is 3. The fourth-order valence-corrected chi connectivity index (χ4v) is 3.12. The lowest BCUT2D eigenvalue weighted by molar-refractivity contribution is 0.0998. The van der Waals surface area contributed by atoms with Crippen LogP contribution in [0.3, 0.4) is 0 Å². The summed E-state index contributed by atoms with van der Waals surface area (Å²) in [7, 11) is 0. The topological polar surface area (TPSA) is 46.3 Å². The molecule has 0 saturated carbocycles. The third-order valence-corrected chi connectivity index (χ3v) is 4.23. The maximum absolute atomic E-state index is 13.0. The molecule has 2 aromatic heterocycles. The van der Waals surface area contributed by atoms with Gasteiger partial charge in [0.2, 0.25) is 0 Å². The number of hydrogen-bond donors (Lipinski definition) is 0. The fraction of sp³-hybridized carbons (Fsp3) is 0.176. The van der Waals surface area contributed by atoms with Crippen LogP contribution in [0.15, 0.2) is 46.2 Å². The van der Waals surface area contributed by atoms with Crippen molar-refractivity contribution in [3.05, 3.63) is 64.6 Å². The second-order valence-corrected chi connectivity index (χ2v) is 5.91. The van der Waals surface area contributed by atoms with Crippen molar-refractivity contribution in [3.63, 3.8) is 0 Å². The van der Waals surface area contributed by atoms with Gasteiger partial charge in [-0.3, -0.25) is 9.69 Å². The van der Waals surface area contributed by atoms with Gasteiger partial charge >= 0.3 is 0 Å². The molecule has 1 amide bonds. The number of carbonyl (C=O) groups excluding carboxylic acids is 1. The number of para-hydroxylation sites is 1. The van der Waals surface area contributed by atoms with Gasteiger partial charge in [0.1, 0.15) is 11.5 Å². The second-order valence-electron chi connectivity index (χ2n) is 5.07. The summed E-state index contributed by atoms with van der Waals surface area (Å²) in [6.07, 6.45) is 0. The Morgan fingerprint density at radius 2 is 1.91 bits per heavy atom. The lowest BCUT2D eigenvalue weighted by atomic mass is 10.2. The predicted octanol–water partition coefficient (Wildman–Crippen LogP) is 4.64. The van der Waals surface area contributed by atoms with E-state index in [9.17, 15) is 4.79 Å². The van der Waals surface area contributed by atoms with E-state index in [2.05, 4.69) is 4.98 Å². The highest BCUT2D eigenvalue weighted by molar-refractivity contribution is 7.14. The van der Waals surface area contributed by atoms with Crippen molar-refractivity contribution < 1.29 is 9.21 Å². The molecule has 0 radical (unpaired) electrons. The van der Waals surface area contributed by atoms with Gasteiger partial charge in [-0.2, -0.15) is 0 Å². The highest BCUT2D eigenvalue weighted by Gasteiger charge is 2.25. The van der Waals surface area contributed by atoms with Gasteiger partial charge in [-0.25, -0.2) is 4.98 Å². The van der Waals surface area contributed by atoms with E-state index in [1.54, 1.807) is 17.9 Å². The Morgan fingerprint density at radius 1 is 1.18 bits per heavy atom. The van der Waals surface area contributed by atoms with Crippen LogP contribution in [0, 0.1) is 20.8 Å². The van der Waals surface area contributed by atoms with Crippen LogP contribution < -0.4 is 4.90 Å². The van der Waals surface area contributed by atoms with Gasteiger partial charge in [-0.15, -0.1) is 11.3 Å². The Bertz CT molecular complexity index is 805. The molecule has 3 rings (SSSR count). The molecule has 0 fully saturated rings. The number of anilines is 2. The Morgan fingerprint density at radius 3 is 2.45 bits per heavy atom. The molecule has 4 nitrogen and oxygen atoms in total. The average Bonchev–Trinajstić information content (AvgIpc) is 3.06. The van der Waals surface area contributed by atoms with E-state index in [1.165, 1.54) is 11.3 Å². The van der Waals surface area contributed by atoms with E-state index in [4.69, 9.17) is 4.42 Å². The van der Waals surface area contributed by atoms with Gasteiger partial charge in [0.15, 0.2) is 5.13 Å². The third-order valence-electron chi connectivity index (χ3n) is 3.29. The Labute approximate surface area is 133 Å². The SMILES string of the molecule is Cc1csc(N(C(=O)c2cc(C)oc2C)c2ccccc2)n1. The van der Waals surface area contributed by atoms with E-state index < -0.39 is 0 Å². The number of carbonyl (C=O) groups is 1. The van der Waals surface area contributed by atoms with Crippen LogP contribution in [0.2, 0.25) is 0 Å². The quantitative estimate of drug-likeness (QED) is 0.708. The fourth-order valence-electron chi connectivity index (χ4n) is 2.30. The van der Waals surface area contributed by atoms with Crippen LogP contribution in [-0.4, -0.2) is 10.9 Å². The zero-order valence-electron chi connectivity index (χ0n) is 12.7. The molecule has 0 unspecified atom stereocenters. The van der Waals surface area contributed by atoms with Crippen molar-refractivity contribution in [2.45, 2.75) is 20.8 Å². The van der Waals surface area contributed by atoms with Gasteiger partial charge in [-0.1, -0.05) is 18.2 Å². The smallest absolute Gasteiger partial charge is 0.268 e. The van der Waals surface area contributed by atoms with E-state index in [1.807, 2.05) is 49.6 Å². The number of hydrogen-bond acceptors (Lipinski definition) is 4. The van der Waals surface area contributed by atoms with Crippen molar-refractivity contribution in [3.8, 4) is 0 Å². The maximum atomic E-state index is 13.0. The molecular formula is C17H16N2O2S. The van der Waals surface area contributed by atoms with Gasteiger partial charge in [0.25, 0.3) is 5.91 Å². The number of benzene rings is 1. The summed E-state index contributed by atoms with van der Waals surface area (Å²) in [4.78, 5) is 19.1. The minimum Gasteiger partial charge on any atom is -0.466 e. The van der Waals surface area contributed by atoms with Gasteiger partial charge in [-0.05, 0) is 39.0 Å². The first-order chi connectivity index (χ1) is 10.6. The summed E-state index contributed by atoms with van der Waals surface area (Å²) in [6.45, 7) is 5.56. The molecule has 3 aromatic rings. The summed E-state index contributed by atoms with van der Waals surface area (Å²) < 4.78 is 5.50. The molecule has 0 bridgehead atoms. The molecule has 0 aliphatic heterocycles. The minimum absolute atomic E-state index is 0.130. The number of nitrogens with zero attached hydrogens (tertiary/aromatic N) is 2. The number of aromatic nitrogens is 1. The van der Waals surface area contributed by atoms with Gasteiger partial charge in [0.05, 0.1) is 16.9 Å². The largest absolute Gasteiger partial charge is 0.466 e. The van der Waals surface area contributed by atoms with Crippen molar-refractivity contribution in [2.24, 2.45) is 0 Å². The lowest BCUT2D eigenvalue weighted by Gasteiger charge is -2.19. The van der Waals surface area contributed by atoms with Crippen LogP contribution >= 0.6 is 11.3 Å². The van der Waals surface area contributed by atoms with Crippen molar-refractivity contribution in [2.75, 3.05) is 4.90 Å². The highest BCUT2D eigenvalue weighted by Crippen LogP contribution is 2.31. The minimum atomic E-state index is -0.130. The number of aryl methyl sites for hydroxylation is 3. The number of thiazole rings is 1. The van der Waals surface area contributed by atoms with Crippen molar-refractivity contribution in [1.29, 1.82) is 0 Å². The highest BCUT2D eigenvalue weighted by atomic mass is 32.1. The second kappa shape index (κ2) is 5.77.